The van der Waals surface area contributed by atoms with Gasteiger partial charge in [0.2, 0.25) is 0 Å². The number of hydrogen-bond acceptors (Lipinski definition) is 10. The Morgan fingerprint density at radius 2 is 1.98 bits per heavy atom. The van der Waals surface area contributed by atoms with Crippen LogP contribution in [-0.4, -0.2) is 84.5 Å². The summed E-state index contributed by atoms with van der Waals surface area (Å²) in [5, 5.41) is 55.0. The van der Waals surface area contributed by atoms with Crippen LogP contribution in [0.3, 0.4) is 0 Å². The second-order valence-electron chi connectivity index (χ2n) is 13.6. The number of rotatable bonds is 4. The van der Waals surface area contributed by atoms with Gasteiger partial charge < -0.3 is 44.2 Å². The molecule has 5 N–H and O–H groups in total. The minimum absolute atomic E-state index is 0.0955. The zero-order valence-electron chi connectivity index (χ0n) is 23.3. The molecular formula is C29H34BNO9S. The average molecular weight is 583 g/mol. The van der Waals surface area contributed by atoms with Gasteiger partial charge >= 0.3 is 13.1 Å². The minimum Gasteiger partial charge on any atom is -0.451 e. The summed E-state index contributed by atoms with van der Waals surface area (Å²) >= 11 is 1.45. The first-order valence-electron chi connectivity index (χ1n) is 14.1. The zero-order chi connectivity index (χ0) is 29.2. The van der Waals surface area contributed by atoms with Crippen LogP contribution in [-0.2, 0) is 18.8 Å². The van der Waals surface area contributed by atoms with Gasteiger partial charge in [-0.2, -0.15) is 11.3 Å². The molecule has 10 atom stereocenters. The van der Waals surface area contributed by atoms with Crippen LogP contribution >= 0.6 is 11.3 Å². The molecule has 41 heavy (non-hydrogen) atoms. The van der Waals surface area contributed by atoms with E-state index >= 15 is 0 Å². The molecule has 1 unspecified atom stereocenters. The van der Waals surface area contributed by atoms with Crippen molar-refractivity contribution in [1.29, 1.82) is 0 Å². The maximum absolute atomic E-state index is 13.7. The molecular weight excluding hydrogens is 549 g/mol. The highest BCUT2D eigenvalue weighted by molar-refractivity contribution is 7.09. The predicted molar refractivity (Wildman–Crippen MR) is 146 cm³/mol. The van der Waals surface area contributed by atoms with Crippen molar-refractivity contribution in [1.82, 2.24) is 4.98 Å². The number of aromatic nitrogens is 1. The Morgan fingerprint density at radius 1 is 1.22 bits per heavy atom. The number of esters is 1. The van der Waals surface area contributed by atoms with Crippen LogP contribution in [0.1, 0.15) is 57.4 Å². The Morgan fingerprint density at radius 3 is 2.61 bits per heavy atom. The van der Waals surface area contributed by atoms with Crippen LogP contribution in [0.4, 0.5) is 0 Å². The molecule has 12 heteroatoms. The lowest BCUT2D eigenvalue weighted by Crippen LogP contribution is -2.79. The van der Waals surface area contributed by atoms with Crippen molar-refractivity contribution in [2.45, 2.75) is 93.0 Å². The number of aromatic amines is 1. The molecule has 0 aromatic carbocycles. The Hall–Kier alpha value is -2.03. The lowest BCUT2D eigenvalue weighted by Gasteiger charge is -2.65. The van der Waals surface area contributed by atoms with Crippen molar-refractivity contribution >= 4 is 29.9 Å². The molecule has 4 aliphatic carbocycles. The summed E-state index contributed by atoms with van der Waals surface area (Å²) in [5.41, 5.74) is -11.6. The van der Waals surface area contributed by atoms with Crippen LogP contribution in [0.5, 0.6) is 0 Å². The quantitative estimate of drug-likeness (QED) is 0.204. The van der Waals surface area contributed by atoms with Gasteiger partial charge in [0.1, 0.15) is 28.6 Å². The van der Waals surface area contributed by atoms with Crippen molar-refractivity contribution in [3.63, 3.8) is 0 Å². The maximum Gasteiger partial charge on any atom is 0.495 e. The van der Waals surface area contributed by atoms with E-state index in [0.717, 1.165) is 0 Å². The van der Waals surface area contributed by atoms with Crippen molar-refractivity contribution < 1.29 is 44.0 Å². The van der Waals surface area contributed by atoms with Crippen LogP contribution in [0.25, 0.3) is 0 Å². The van der Waals surface area contributed by atoms with E-state index in [-0.39, 0.29) is 12.1 Å². The van der Waals surface area contributed by atoms with Crippen LogP contribution in [0.15, 0.2) is 47.3 Å². The minimum atomic E-state index is -2.30. The second-order valence-corrected chi connectivity index (χ2v) is 14.3. The predicted octanol–water partition coefficient (Wildman–Crippen LogP) is 1.25. The molecule has 4 saturated carbocycles. The number of carbonyl (C=O) groups is 1. The van der Waals surface area contributed by atoms with Gasteiger partial charge in [0.25, 0.3) is 0 Å². The number of ether oxygens (including phenoxy) is 2. The Bertz CT molecular complexity index is 1500. The van der Waals surface area contributed by atoms with E-state index in [1.807, 2.05) is 23.8 Å². The van der Waals surface area contributed by atoms with Gasteiger partial charge in [-0.05, 0) is 59.6 Å². The lowest BCUT2D eigenvalue weighted by atomic mass is 9.51. The monoisotopic (exact) mass is 583 g/mol. The highest BCUT2D eigenvalue weighted by Crippen LogP contribution is 2.92. The summed E-state index contributed by atoms with van der Waals surface area (Å²) in [5.74, 6) is -3.56. The van der Waals surface area contributed by atoms with Gasteiger partial charge in [-0.25, -0.2) is 4.79 Å². The first-order chi connectivity index (χ1) is 19.2. The van der Waals surface area contributed by atoms with E-state index < -0.39 is 75.8 Å². The number of aliphatic hydroxyl groups is 4. The van der Waals surface area contributed by atoms with E-state index in [4.69, 9.17) is 18.8 Å². The molecule has 2 aromatic heterocycles. The Labute approximate surface area is 241 Å². The molecule has 3 spiro atoms. The zero-order valence-corrected chi connectivity index (χ0v) is 24.2. The fraction of sp³-hybridized carbons (Fsp3) is 0.621. The highest BCUT2D eigenvalue weighted by Gasteiger charge is 3.12. The van der Waals surface area contributed by atoms with Crippen molar-refractivity contribution in [2.24, 2.45) is 16.7 Å². The van der Waals surface area contributed by atoms with Gasteiger partial charge in [0.05, 0.1) is 11.0 Å². The first-order valence-corrected chi connectivity index (χ1v) is 15.1. The molecule has 10 nitrogen and oxygen atoms in total. The molecule has 3 saturated heterocycles. The third-order valence-corrected chi connectivity index (χ3v) is 13.0. The van der Waals surface area contributed by atoms with Crippen LogP contribution < -0.4 is 5.46 Å². The normalized spacial score (nSPS) is 52.4. The van der Waals surface area contributed by atoms with Gasteiger partial charge in [-0.1, -0.05) is 33.4 Å². The van der Waals surface area contributed by atoms with Crippen molar-refractivity contribution in [3.8, 4) is 0 Å². The summed E-state index contributed by atoms with van der Waals surface area (Å²) in [6.07, 6.45) is -0.798. The van der Waals surface area contributed by atoms with E-state index in [0.29, 0.717) is 23.9 Å². The van der Waals surface area contributed by atoms with Gasteiger partial charge in [0, 0.05) is 18.0 Å². The standard InChI is InChI=1S/C29H34BNO9S/c1-15(2)26(35)21(37-20(33)18-7-6-11-31-18)28-22(4)14-25(34)23(26,5)29(28,36)27(38-25)19(32)16(3)8-10-24(22,27)39-30(40-28)17-9-12-41-13-17/h6-7,9,11-13,15,19,21,31-32,34-36H,3,8,10,14H2,1-2,4-5H3/t19-,21?,22+,23+,24+,25+,26-,27-,28-,29+/m1/s1. The van der Waals surface area contributed by atoms with E-state index in [1.165, 1.54) is 11.3 Å². The summed E-state index contributed by atoms with van der Waals surface area (Å²) in [6, 6.07) is 5.06. The van der Waals surface area contributed by atoms with E-state index in [1.54, 1.807) is 39.1 Å². The SMILES string of the molecule is C=C1CC[C@@]23OB(c4ccsc4)O[C@@]45C(OC(=O)c6ccc[nH]6)[C@](O)(C(C)C)[C@@]6(C)[C@]4(O)[C@@]2(O[C@@]6(O)C[C@@]35C)[C@@H]1O. The number of thiophene rings is 1. The second kappa shape index (κ2) is 7.19. The van der Waals surface area contributed by atoms with Gasteiger partial charge in [-0.3, -0.25) is 0 Å². The maximum atomic E-state index is 13.7. The van der Waals surface area contributed by atoms with Crippen molar-refractivity contribution in [2.75, 3.05) is 0 Å². The van der Waals surface area contributed by atoms with E-state index in [9.17, 15) is 25.2 Å². The topological polar surface area (TPSA) is 151 Å². The van der Waals surface area contributed by atoms with Gasteiger partial charge in [-0.15, -0.1) is 0 Å². The third kappa shape index (κ3) is 2.13. The molecule has 218 valence electrons. The van der Waals surface area contributed by atoms with Crippen LogP contribution in [0, 0.1) is 16.7 Å². The van der Waals surface area contributed by atoms with Crippen molar-refractivity contribution in [3.05, 3.63) is 53.0 Å². The third-order valence-electron chi connectivity index (χ3n) is 12.3. The van der Waals surface area contributed by atoms with Crippen LogP contribution in [0.2, 0.25) is 0 Å². The number of carbonyl (C=O) groups excluding carboxylic acids is 1. The fourth-order valence-electron chi connectivity index (χ4n) is 10.7. The molecule has 7 aliphatic rings. The summed E-state index contributed by atoms with van der Waals surface area (Å²) in [6.45, 7) is 11.0. The summed E-state index contributed by atoms with van der Waals surface area (Å²) < 4.78 is 26.8. The largest absolute Gasteiger partial charge is 0.495 e. The Balaban J connectivity index is 1.49. The molecule has 3 aliphatic heterocycles. The molecule has 5 heterocycles. The molecule has 9 rings (SSSR count). The average Bonchev–Trinajstić information content (AvgIpc) is 3.68. The first kappa shape index (κ1) is 26.6. The summed E-state index contributed by atoms with van der Waals surface area (Å²) in [4.78, 5) is 16.5. The fourth-order valence-corrected chi connectivity index (χ4v) is 11.4. The number of nitrogens with one attached hydrogen (secondary N) is 1. The number of aliphatic hydroxyl groups excluding tert-OH is 1. The molecule has 2 aromatic rings. The molecule has 0 radical (unpaired) electrons. The van der Waals surface area contributed by atoms with E-state index in [2.05, 4.69) is 11.6 Å². The highest BCUT2D eigenvalue weighted by atomic mass is 32.1. The summed E-state index contributed by atoms with van der Waals surface area (Å²) in [7, 11) is -1.04. The lowest BCUT2D eigenvalue weighted by molar-refractivity contribution is -0.387. The number of hydrogen-bond donors (Lipinski definition) is 5. The van der Waals surface area contributed by atoms with Gasteiger partial charge in [0.15, 0.2) is 17.5 Å². The molecule has 0 amide bonds. The smallest absolute Gasteiger partial charge is 0.451 e. The molecule has 7 fully saturated rings. The number of H-pyrrole nitrogens is 1. The Kier molecular flexibility index (Phi) is 4.66. The molecule has 7 bridgehead atoms.